The SMILES string of the molecule is CC(C)(C)OC(=O)N1CCC[C@H]1c1nc(-c2ccc(C#Cc3ccc(C(C)(C)C)cc3)c(C(F)(F)F)c2)no1. The number of hydrogen-bond acceptors (Lipinski definition) is 5. The molecule has 1 aliphatic rings. The molecule has 1 aliphatic heterocycles. The van der Waals surface area contributed by atoms with E-state index in [0.29, 0.717) is 24.9 Å². The Bertz CT molecular complexity index is 1400. The third kappa shape index (κ3) is 6.80. The van der Waals surface area contributed by atoms with Crippen LogP contribution in [0.3, 0.4) is 0 Å². The lowest BCUT2D eigenvalue weighted by Gasteiger charge is -2.26. The van der Waals surface area contributed by atoms with E-state index in [9.17, 15) is 18.0 Å². The molecule has 3 aromatic rings. The molecule has 1 amide bonds. The fraction of sp³-hybridized carbons (Fsp3) is 0.433. The van der Waals surface area contributed by atoms with E-state index in [4.69, 9.17) is 9.26 Å². The van der Waals surface area contributed by atoms with E-state index in [0.717, 1.165) is 11.6 Å². The van der Waals surface area contributed by atoms with Crippen LogP contribution in [0.4, 0.5) is 18.0 Å². The topological polar surface area (TPSA) is 68.5 Å². The van der Waals surface area contributed by atoms with Gasteiger partial charge in [-0.05, 0) is 74.9 Å². The van der Waals surface area contributed by atoms with Crippen molar-refractivity contribution in [1.82, 2.24) is 15.0 Å². The average molecular weight is 540 g/mol. The highest BCUT2D eigenvalue weighted by Crippen LogP contribution is 2.36. The second-order valence-corrected chi connectivity index (χ2v) is 11.6. The second kappa shape index (κ2) is 10.4. The lowest BCUT2D eigenvalue weighted by Crippen LogP contribution is -2.36. The average Bonchev–Trinajstić information content (AvgIpc) is 3.50. The Morgan fingerprint density at radius 1 is 1.03 bits per heavy atom. The van der Waals surface area contributed by atoms with E-state index in [-0.39, 0.29) is 28.3 Å². The van der Waals surface area contributed by atoms with Gasteiger partial charge in [0.2, 0.25) is 11.7 Å². The van der Waals surface area contributed by atoms with Gasteiger partial charge in [-0.3, -0.25) is 4.90 Å². The van der Waals surface area contributed by atoms with E-state index >= 15 is 0 Å². The van der Waals surface area contributed by atoms with Gasteiger partial charge in [-0.1, -0.05) is 49.9 Å². The van der Waals surface area contributed by atoms with Crippen LogP contribution < -0.4 is 0 Å². The molecule has 1 aromatic heterocycles. The van der Waals surface area contributed by atoms with Gasteiger partial charge < -0.3 is 9.26 Å². The van der Waals surface area contributed by atoms with Crippen molar-refractivity contribution in [3.05, 3.63) is 70.6 Å². The van der Waals surface area contributed by atoms with Crippen LogP contribution in [0, 0.1) is 11.8 Å². The molecule has 1 atom stereocenters. The predicted molar refractivity (Wildman–Crippen MR) is 141 cm³/mol. The zero-order chi connectivity index (χ0) is 28.6. The summed E-state index contributed by atoms with van der Waals surface area (Å²) in [6.45, 7) is 12.0. The van der Waals surface area contributed by atoms with Gasteiger partial charge in [0.25, 0.3) is 0 Å². The first-order valence-corrected chi connectivity index (χ1v) is 12.8. The Balaban J connectivity index is 1.60. The second-order valence-electron chi connectivity index (χ2n) is 11.6. The monoisotopic (exact) mass is 539 g/mol. The van der Waals surface area contributed by atoms with Gasteiger partial charge in [0.1, 0.15) is 11.6 Å². The molecule has 1 fully saturated rings. The van der Waals surface area contributed by atoms with E-state index in [1.54, 1.807) is 32.9 Å². The van der Waals surface area contributed by atoms with Crippen molar-refractivity contribution in [1.29, 1.82) is 0 Å². The molecule has 0 unspecified atom stereocenters. The van der Waals surface area contributed by atoms with E-state index < -0.39 is 29.5 Å². The maximum atomic E-state index is 14.0. The minimum Gasteiger partial charge on any atom is -0.444 e. The van der Waals surface area contributed by atoms with Crippen molar-refractivity contribution in [3.63, 3.8) is 0 Å². The van der Waals surface area contributed by atoms with Crippen molar-refractivity contribution >= 4 is 6.09 Å². The molecule has 0 N–H and O–H groups in total. The number of aromatic nitrogens is 2. The van der Waals surface area contributed by atoms with Crippen LogP contribution in [-0.4, -0.2) is 33.3 Å². The molecule has 39 heavy (non-hydrogen) atoms. The summed E-state index contributed by atoms with van der Waals surface area (Å²) >= 11 is 0. The maximum absolute atomic E-state index is 14.0. The van der Waals surface area contributed by atoms with Crippen LogP contribution >= 0.6 is 0 Å². The number of carbonyl (C=O) groups is 1. The first-order valence-electron chi connectivity index (χ1n) is 12.8. The number of rotatable bonds is 2. The molecular weight excluding hydrogens is 507 g/mol. The molecule has 9 heteroatoms. The number of benzene rings is 2. The molecule has 0 radical (unpaired) electrons. The van der Waals surface area contributed by atoms with Gasteiger partial charge in [0.05, 0.1) is 5.56 Å². The summed E-state index contributed by atoms with van der Waals surface area (Å²) in [6.07, 6.45) is -3.84. The summed E-state index contributed by atoms with van der Waals surface area (Å²) in [7, 11) is 0. The number of amides is 1. The van der Waals surface area contributed by atoms with Crippen LogP contribution in [0.5, 0.6) is 0 Å². The summed E-state index contributed by atoms with van der Waals surface area (Å²) in [4.78, 5) is 18.5. The Kier molecular flexibility index (Phi) is 7.53. The summed E-state index contributed by atoms with van der Waals surface area (Å²) in [5.41, 5.74) is 0.126. The van der Waals surface area contributed by atoms with E-state index in [2.05, 4.69) is 42.8 Å². The predicted octanol–water partition coefficient (Wildman–Crippen LogP) is 7.52. The molecule has 0 bridgehead atoms. The number of ether oxygens (including phenoxy) is 1. The highest BCUT2D eigenvalue weighted by molar-refractivity contribution is 5.69. The zero-order valence-electron chi connectivity index (χ0n) is 22.9. The molecule has 2 aromatic carbocycles. The number of alkyl halides is 3. The number of likely N-dealkylation sites (tertiary alicyclic amines) is 1. The van der Waals surface area contributed by atoms with Gasteiger partial charge in [-0.15, -0.1) is 0 Å². The van der Waals surface area contributed by atoms with Gasteiger partial charge in [-0.2, -0.15) is 18.2 Å². The first kappa shape index (κ1) is 28.2. The lowest BCUT2D eigenvalue weighted by molar-refractivity contribution is -0.137. The Morgan fingerprint density at radius 2 is 1.72 bits per heavy atom. The quantitative estimate of drug-likeness (QED) is 0.315. The van der Waals surface area contributed by atoms with Gasteiger partial charge in [0.15, 0.2) is 0 Å². The summed E-state index contributed by atoms with van der Waals surface area (Å²) < 4.78 is 52.8. The minimum atomic E-state index is -4.64. The number of carbonyl (C=O) groups excluding carboxylic acids is 1. The van der Waals surface area contributed by atoms with Crippen molar-refractivity contribution in [2.75, 3.05) is 6.54 Å². The third-order valence-corrected chi connectivity index (χ3v) is 6.28. The van der Waals surface area contributed by atoms with Crippen molar-refractivity contribution in [2.45, 2.75) is 77.6 Å². The van der Waals surface area contributed by atoms with Crippen LogP contribution in [0.1, 0.15) is 88.6 Å². The van der Waals surface area contributed by atoms with Gasteiger partial charge in [0, 0.05) is 23.2 Å². The normalized spacial score (nSPS) is 16.1. The standard InChI is InChI=1S/C30H32F3N3O3/c1-28(2,3)22-15-10-19(11-16-22)9-12-20-13-14-21(18-23(20)30(31,32)33)25-34-26(39-35-25)24-8-7-17-36(24)27(37)38-29(4,5)6/h10-11,13-16,18,24H,7-8,17H2,1-6H3/t24-/m0/s1. The molecule has 6 nitrogen and oxygen atoms in total. The Hall–Kier alpha value is -3.80. The summed E-state index contributed by atoms with van der Waals surface area (Å²) in [5, 5.41) is 3.91. The highest BCUT2D eigenvalue weighted by Gasteiger charge is 2.37. The first-order chi connectivity index (χ1) is 18.1. The molecule has 0 spiro atoms. The third-order valence-electron chi connectivity index (χ3n) is 6.28. The molecule has 206 valence electrons. The molecule has 4 rings (SSSR count). The van der Waals surface area contributed by atoms with Crippen LogP contribution in [0.15, 0.2) is 47.0 Å². The zero-order valence-corrected chi connectivity index (χ0v) is 22.9. The van der Waals surface area contributed by atoms with Crippen LogP contribution in [0.2, 0.25) is 0 Å². The Labute approximate surface area is 226 Å². The molecule has 0 aliphatic carbocycles. The van der Waals surface area contributed by atoms with Crippen LogP contribution in [-0.2, 0) is 16.3 Å². The Morgan fingerprint density at radius 3 is 2.33 bits per heavy atom. The fourth-order valence-electron chi connectivity index (χ4n) is 4.27. The van der Waals surface area contributed by atoms with Gasteiger partial charge in [-0.25, -0.2) is 4.79 Å². The van der Waals surface area contributed by atoms with E-state index in [1.165, 1.54) is 17.0 Å². The van der Waals surface area contributed by atoms with Crippen LogP contribution in [0.25, 0.3) is 11.4 Å². The lowest BCUT2D eigenvalue weighted by atomic mass is 9.87. The van der Waals surface area contributed by atoms with Crippen molar-refractivity contribution in [2.24, 2.45) is 0 Å². The number of hydrogen-bond donors (Lipinski definition) is 0. The maximum Gasteiger partial charge on any atom is 0.417 e. The fourth-order valence-corrected chi connectivity index (χ4v) is 4.27. The highest BCUT2D eigenvalue weighted by atomic mass is 19.4. The molecule has 0 saturated carbocycles. The smallest absolute Gasteiger partial charge is 0.417 e. The number of nitrogens with zero attached hydrogens (tertiary/aromatic N) is 3. The molecule has 1 saturated heterocycles. The minimum absolute atomic E-state index is 0.00353. The molecular formula is C30H32F3N3O3. The van der Waals surface area contributed by atoms with Crippen molar-refractivity contribution in [3.8, 4) is 23.2 Å². The van der Waals surface area contributed by atoms with E-state index in [1.807, 2.05) is 12.1 Å². The largest absolute Gasteiger partial charge is 0.444 e. The number of halogens is 3. The van der Waals surface area contributed by atoms with Crippen molar-refractivity contribution < 1.29 is 27.2 Å². The molecule has 2 heterocycles. The summed E-state index contributed by atoms with van der Waals surface area (Å²) in [5.74, 6) is 5.66. The summed E-state index contributed by atoms with van der Waals surface area (Å²) in [6, 6.07) is 10.7. The van der Waals surface area contributed by atoms with Gasteiger partial charge >= 0.3 is 12.3 Å².